The van der Waals surface area contributed by atoms with Gasteiger partial charge in [0, 0.05) is 21.5 Å². The van der Waals surface area contributed by atoms with Gasteiger partial charge in [0.05, 0.1) is 10.9 Å². The number of carbonyl (C=O) groups is 2. The number of halogens is 1. The Hall–Kier alpha value is -1.79. The first-order valence-corrected chi connectivity index (χ1v) is 9.15. The van der Waals surface area contributed by atoms with Gasteiger partial charge in [-0.25, -0.2) is 0 Å². The number of anilines is 2. The Labute approximate surface area is 147 Å². The number of rotatable bonds is 3. The molecule has 1 heterocycles. The molecular formula is C17H15BrN2O2S. The minimum Gasteiger partial charge on any atom is -0.324 e. The summed E-state index contributed by atoms with van der Waals surface area (Å²) in [5.41, 5.74) is 3.10. The number of carbonyl (C=O) groups excluding carboxylic acids is 2. The fourth-order valence-corrected chi connectivity index (χ4v) is 3.53. The second-order valence-electron chi connectivity index (χ2n) is 5.24. The molecule has 0 aromatic heterocycles. The normalized spacial score (nSPS) is 16.4. The summed E-state index contributed by atoms with van der Waals surface area (Å²) in [5, 5.41) is 6.37. The van der Waals surface area contributed by atoms with Crippen LogP contribution in [0.4, 0.5) is 11.4 Å². The molecule has 0 fully saturated rings. The number of hydrogen-bond acceptors (Lipinski definition) is 3. The van der Waals surface area contributed by atoms with Crippen LogP contribution in [0.25, 0.3) is 0 Å². The highest BCUT2D eigenvalue weighted by Crippen LogP contribution is 2.36. The van der Waals surface area contributed by atoms with Gasteiger partial charge in [0.1, 0.15) is 0 Å². The maximum absolute atomic E-state index is 12.4. The number of amides is 2. The van der Waals surface area contributed by atoms with E-state index in [-0.39, 0.29) is 17.1 Å². The Morgan fingerprint density at radius 1 is 1.26 bits per heavy atom. The lowest BCUT2D eigenvalue weighted by Gasteiger charge is -2.21. The maximum atomic E-state index is 12.4. The molecule has 1 unspecified atom stereocenters. The fourth-order valence-electron chi connectivity index (χ4n) is 2.23. The van der Waals surface area contributed by atoms with Gasteiger partial charge in [0.15, 0.2) is 0 Å². The smallest absolute Gasteiger partial charge is 0.255 e. The third kappa shape index (κ3) is 3.59. The van der Waals surface area contributed by atoms with Crippen molar-refractivity contribution in [2.75, 3.05) is 10.6 Å². The maximum Gasteiger partial charge on any atom is 0.255 e. The van der Waals surface area contributed by atoms with E-state index in [0.717, 1.165) is 21.5 Å². The number of thioether (sulfide) groups is 1. The first kappa shape index (κ1) is 16.1. The largest absolute Gasteiger partial charge is 0.324 e. The van der Waals surface area contributed by atoms with Gasteiger partial charge < -0.3 is 10.6 Å². The molecule has 2 aromatic rings. The summed E-state index contributed by atoms with van der Waals surface area (Å²) in [6.07, 6.45) is 0. The SMILES string of the molecule is CC1Sc2ccc(C(=O)Nc3ccc(CBr)cc3)cc2NC1=O. The molecule has 0 bridgehead atoms. The first-order valence-electron chi connectivity index (χ1n) is 7.14. The Morgan fingerprint density at radius 3 is 2.70 bits per heavy atom. The molecule has 23 heavy (non-hydrogen) atoms. The molecule has 0 saturated heterocycles. The molecule has 0 aliphatic carbocycles. The van der Waals surface area contributed by atoms with Crippen LogP contribution in [0, 0.1) is 0 Å². The molecule has 2 N–H and O–H groups in total. The van der Waals surface area contributed by atoms with E-state index >= 15 is 0 Å². The van der Waals surface area contributed by atoms with E-state index in [1.807, 2.05) is 37.3 Å². The van der Waals surface area contributed by atoms with Gasteiger partial charge >= 0.3 is 0 Å². The molecule has 0 saturated carbocycles. The lowest BCUT2D eigenvalue weighted by Crippen LogP contribution is -2.26. The Kier molecular flexibility index (Phi) is 4.73. The summed E-state index contributed by atoms with van der Waals surface area (Å²) in [5.74, 6) is -0.234. The second-order valence-corrected chi connectivity index (χ2v) is 7.19. The quantitative estimate of drug-likeness (QED) is 0.769. The lowest BCUT2D eigenvalue weighted by molar-refractivity contribution is -0.115. The summed E-state index contributed by atoms with van der Waals surface area (Å²) < 4.78 is 0. The molecule has 118 valence electrons. The van der Waals surface area contributed by atoms with Gasteiger partial charge in [-0.2, -0.15) is 0 Å². The monoisotopic (exact) mass is 390 g/mol. The average Bonchev–Trinajstić information content (AvgIpc) is 2.56. The van der Waals surface area contributed by atoms with Gasteiger partial charge in [-0.05, 0) is 42.8 Å². The van der Waals surface area contributed by atoms with E-state index in [1.54, 1.807) is 12.1 Å². The van der Waals surface area contributed by atoms with Crippen molar-refractivity contribution in [3.8, 4) is 0 Å². The van der Waals surface area contributed by atoms with Crippen molar-refractivity contribution in [3.05, 3.63) is 53.6 Å². The zero-order chi connectivity index (χ0) is 16.4. The zero-order valence-electron chi connectivity index (χ0n) is 12.4. The zero-order valence-corrected chi connectivity index (χ0v) is 14.8. The molecule has 1 aliphatic heterocycles. The second kappa shape index (κ2) is 6.76. The summed E-state index contributed by atoms with van der Waals surface area (Å²) >= 11 is 4.89. The van der Waals surface area contributed by atoms with Crippen LogP contribution < -0.4 is 10.6 Å². The molecule has 0 radical (unpaired) electrons. The van der Waals surface area contributed by atoms with Crippen molar-refractivity contribution in [1.82, 2.24) is 0 Å². The van der Waals surface area contributed by atoms with E-state index in [2.05, 4.69) is 26.6 Å². The van der Waals surface area contributed by atoms with Crippen molar-refractivity contribution in [3.63, 3.8) is 0 Å². The third-order valence-corrected chi connectivity index (χ3v) is 5.36. The topological polar surface area (TPSA) is 58.2 Å². The van der Waals surface area contributed by atoms with Crippen molar-refractivity contribution >= 4 is 50.9 Å². The van der Waals surface area contributed by atoms with E-state index in [1.165, 1.54) is 11.8 Å². The summed E-state index contributed by atoms with van der Waals surface area (Å²) in [6, 6.07) is 13.0. The van der Waals surface area contributed by atoms with Crippen LogP contribution in [0.5, 0.6) is 0 Å². The molecule has 0 spiro atoms. The minimum atomic E-state index is -0.197. The molecule has 4 nitrogen and oxygen atoms in total. The predicted octanol–water partition coefficient (Wildman–Crippen LogP) is 4.27. The summed E-state index contributed by atoms with van der Waals surface area (Å²) in [7, 11) is 0. The van der Waals surface area contributed by atoms with Crippen molar-refractivity contribution in [2.24, 2.45) is 0 Å². The van der Waals surface area contributed by atoms with Gasteiger partial charge in [-0.1, -0.05) is 28.1 Å². The van der Waals surface area contributed by atoms with Crippen LogP contribution in [-0.2, 0) is 10.1 Å². The lowest BCUT2D eigenvalue weighted by atomic mass is 10.1. The summed E-state index contributed by atoms with van der Waals surface area (Å²) in [6.45, 7) is 1.86. The molecule has 2 aromatic carbocycles. The number of alkyl halides is 1. The van der Waals surface area contributed by atoms with E-state index in [9.17, 15) is 9.59 Å². The van der Waals surface area contributed by atoms with Crippen molar-refractivity contribution < 1.29 is 9.59 Å². The predicted molar refractivity (Wildman–Crippen MR) is 97.4 cm³/mol. The molecule has 2 amide bonds. The van der Waals surface area contributed by atoms with E-state index in [4.69, 9.17) is 0 Å². The van der Waals surface area contributed by atoms with Crippen LogP contribution in [0.3, 0.4) is 0 Å². The highest BCUT2D eigenvalue weighted by Gasteiger charge is 2.23. The first-order chi connectivity index (χ1) is 11.1. The van der Waals surface area contributed by atoms with Crippen molar-refractivity contribution in [2.45, 2.75) is 22.4 Å². The van der Waals surface area contributed by atoms with Crippen LogP contribution in [0.1, 0.15) is 22.8 Å². The van der Waals surface area contributed by atoms with E-state index in [0.29, 0.717) is 11.3 Å². The number of benzene rings is 2. The van der Waals surface area contributed by atoms with Gasteiger partial charge in [0.25, 0.3) is 5.91 Å². The number of nitrogens with one attached hydrogen (secondary N) is 2. The van der Waals surface area contributed by atoms with Crippen LogP contribution in [-0.4, -0.2) is 17.1 Å². The minimum absolute atomic E-state index is 0.0366. The van der Waals surface area contributed by atoms with Gasteiger partial charge in [0.2, 0.25) is 5.91 Å². The van der Waals surface area contributed by atoms with Crippen LogP contribution >= 0.6 is 27.7 Å². The van der Waals surface area contributed by atoms with Gasteiger partial charge in [-0.3, -0.25) is 9.59 Å². The molecule has 3 rings (SSSR count). The third-order valence-electron chi connectivity index (χ3n) is 3.54. The average molecular weight is 391 g/mol. The Morgan fingerprint density at radius 2 is 2.00 bits per heavy atom. The van der Waals surface area contributed by atoms with Crippen LogP contribution in [0.2, 0.25) is 0 Å². The standard InChI is InChI=1S/C17H15BrN2O2S/c1-10-16(21)20-14-8-12(4-7-15(14)23-10)17(22)19-13-5-2-11(9-18)3-6-13/h2-8,10H,9H2,1H3,(H,19,22)(H,20,21). The number of fused-ring (bicyclic) bond motifs is 1. The molecule has 1 aliphatic rings. The fraction of sp³-hybridized carbons (Fsp3) is 0.176. The summed E-state index contributed by atoms with van der Waals surface area (Å²) in [4.78, 5) is 25.1. The van der Waals surface area contributed by atoms with Crippen LogP contribution in [0.15, 0.2) is 47.4 Å². The highest BCUT2D eigenvalue weighted by atomic mass is 79.9. The molecule has 6 heteroatoms. The Bertz CT molecular complexity index is 762. The molecular weight excluding hydrogens is 376 g/mol. The number of hydrogen-bond donors (Lipinski definition) is 2. The van der Waals surface area contributed by atoms with E-state index < -0.39 is 0 Å². The van der Waals surface area contributed by atoms with Gasteiger partial charge in [-0.15, -0.1) is 11.8 Å². The Balaban J connectivity index is 1.77. The molecule has 1 atom stereocenters. The highest BCUT2D eigenvalue weighted by molar-refractivity contribution is 9.08. The van der Waals surface area contributed by atoms with Crippen molar-refractivity contribution in [1.29, 1.82) is 0 Å².